The number of benzene rings is 1. The number of hydrogen-bond donors (Lipinski definition) is 4. The number of likely N-dealkylation sites (tertiary alicyclic amines) is 1. The highest BCUT2D eigenvalue weighted by molar-refractivity contribution is 6.00. The molecule has 1 aliphatic heterocycles. The molecule has 1 unspecified atom stereocenters. The van der Waals surface area contributed by atoms with Crippen molar-refractivity contribution < 1.29 is 4.79 Å². The Morgan fingerprint density at radius 3 is 2.66 bits per heavy atom. The van der Waals surface area contributed by atoms with E-state index < -0.39 is 0 Å². The molecular weight excluding hydrogens is 404 g/mol. The number of hydrogen-bond acceptors (Lipinski definition) is 6. The van der Waals surface area contributed by atoms with E-state index in [1.807, 2.05) is 12.1 Å². The molecule has 2 aliphatic rings. The van der Waals surface area contributed by atoms with Gasteiger partial charge in [-0.25, -0.2) is 4.98 Å². The van der Waals surface area contributed by atoms with Gasteiger partial charge in [0.1, 0.15) is 17.2 Å². The SMILES string of the molecule is CC(=N)c1c(NC2CCCCC2)nc(C2CCCN(C(=O)c3ccccc3N)C2)[nH]c1=O. The van der Waals surface area contributed by atoms with Crippen molar-refractivity contribution in [3.05, 3.63) is 51.6 Å². The van der Waals surface area contributed by atoms with Crippen LogP contribution >= 0.6 is 0 Å². The van der Waals surface area contributed by atoms with E-state index in [9.17, 15) is 9.59 Å². The summed E-state index contributed by atoms with van der Waals surface area (Å²) >= 11 is 0. The molecule has 0 radical (unpaired) electrons. The highest BCUT2D eigenvalue weighted by atomic mass is 16.2. The predicted molar refractivity (Wildman–Crippen MR) is 127 cm³/mol. The highest BCUT2D eigenvalue weighted by Gasteiger charge is 2.29. The summed E-state index contributed by atoms with van der Waals surface area (Å²) in [7, 11) is 0. The third-order valence-electron chi connectivity index (χ3n) is 6.55. The Bertz CT molecular complexity index is 1060. The van der Waals surface area contributed by atoms with Crippen LogP contribution < -0.4 is 16.6 Å². The molecule has 1 aromatic heterocycles. The molecule has 2 fully saturated rings. The Hall–Kier alpha value is -3.16. The van der Waals surface area contributed by atoms with Crippen molar-refractivity contribution >= 4 is 23.1 Å². The molecule has 1 saturated heterocycles. The van der Waals surface area contributed by atoms with Gasteiger partial charge in [0.25, 0.3) is 11.5 Å². The Morgan fingerprint density at radius 1 is 1.19 bits per heavy atom. The van der Waals surface area contributed by atoms with Crippen LogP contribution in [-0.4, -0.2) is 45.6 Å². The second-order valence-electron chi connectivity index (χ2n) is 8.96. The van der Waals surface area contributed by atoms with Gasteiger partial charge in [-0.2, -0.15) is 0 Å². The second-order valence-corrected chi connectivity index (χ2v) is 8.96. The fraction of sp³-hybridized carbons (Fsp3) is 0.500. The largest absolute Gasteiger partial charge is 0.398 e. The third kappa shape index (κ3) is 4.69. The average molecular weight is 437 g/mol. The molecule has 2 aromatic rings. The number of carbonyl (C=O) groups excluding carboxylic acids is 1. The first-order valence-electron chi connectivity index (χ1n) is 11.5. The Kier molecular flexibility index (Phi) is 6.58. The molecule has 0 spiro atoms. The van der Waals surface area contributed by atoms with Crippen LogP contribution in [0.1, 0.15) is 79.5 Å². The molecule has 1 aliphatic carbocycles. The lowest BCUT2D eigenvalue weighted by Gasteiger charge is -2.33. The molecule has 1 aromatic carbocycles. The molecular formula is C24H32N6O2. The summed E-state index contributed by atoms with van der Waals surface area (Å²) in [6, 6.07) is 7.37. The van der Waals surface area contributed by atoms with E-state index in [1.165, 1.54) is 6.42 Å². The fourth-order valence-electron chi connectivity index (χ4n) is 4.82. The van der Waals surface area contributed by atoms with Crippen molar-refractivity contribution in [2.75, 3.05) is 24.1 Å². The molecule has 1 saturated carbocycles. The van der Waals surface area contributed by atoms with Gasteiger partial charge in [-0.05, 0) is 44.7 Å². The summed E-state index contributed by atoms with van der Waals surface area (Å²) in [5, 5.41) is 11.5. The number of carbonyl (C=O) groups is 1. The maximum absolute atomic E-state index is 13.1. The smallest absolute Gasteiger partial charge is 0.262 e. The number of aromatic nitrogens is 2. The molecule has 8 nitrogen and oxygen atoms in total. The van der Waals surface area contributed by atoms with E-state index in [1.54, 1.807) is 24.0 Å². The van der Waals surface area contributed by atoms with E-state index in [4.69, 9.17) is 16.1 Å². The van der Waals surface area contributed by atoms with Gasteiger partial charge in [-0.15, -0.1) is 0 Å². The summed E-state index contributed by atoms with van der Waals surface area (Å²) in [6.45, 7) is 2.74. The number of nitrogens with zero attached hydrogens (tertiary/aromatic N) is 2. The van der Waals surface area contributed by atoms with E-state index in [0.29, 0.717) is 41.5 Å². The Labute approximate surface area is 188 Å². The zero-order valence-electron chi connectivity index (χ0n) is 18.6. The van der Waals surface area contributed by atoms with Gasteiger partial charge in [0.15, 0.2) is 0 Å². The van der Waals surface area contributed by atoms with Gasteiger partial charge in [0, 0.05) is 36.4 Å². The number of amides is 1. The molecule has 170 valence electrons. The van der Waals surface area contributed by atoms with Crippen LogP contribution in [0.15, 0.2) is 29.1 Å². The van der Waals surface area contributed by atoms with Gasteiger partial charge >= 0.3 is 0 Å². The number of piperidine rings is 1. The fourth-order valence-corrected chi connectivity index (χ4v) is 4.82. The first kappa shape index (κ1) is 22.0. The lowest BCUT2D eigenvalue weighted by molar-refractivity contribution is 0.0705. The van der Waals surface area contributed by atoms with Crippen LogP contribution in [0.5, 0.6) is 0 Å². The van der Waals surface area contributed by atoms with Gasteiger partial charge < -0.3 is 26.3 Å². The summed E-state index contributed by atoms with van der Waals surface area (Å²) in [5.41, 5.74) is 7.19. The van der Waals surface area contributed by atoms with Crippen molar-refractivity contribution in [3.63, 3.8) is 0 Å². The summed E-state index contributed by atoms with van der Waals surface area (Å²) in [6.07, 6.45) is 7.31. The number of anilines is 2. The van der Waals surface area contributed by atoms with Crippen molar-refractivity contribution in [2.45, 2.75) is 63.8 Å². The third-order valence-corrected chi connectivity index (χ3v) is 6.55. The molecule has 1 amide bonds. The van der Waals surface area contributed by atoms with E-state index in [-0.39, 0.29) is 29.1 Å². The topological polar surface area (TPSA) is 128 Å². The molecule has 2 heterocycles. The number of nitrogen functional groups attached to an aromatic ring is 1. The van der Waals surface area contributed by atoms with Gasteiger partial charge in [0.2, 0.25) is 0 Å². The maximum Gasteiger partial charge on any atom is 0.262 e. The van der Waals surface area contributed by atoms with Crippen molar-refractivity contribution in [1.29, 1.82) is 5.41 Å². The van der Waals surface area contributed by atoms with Crippen molar-refractivity contribution in [2.24, 2.45) is 0 Å². The standard InChI is InChI=1S/C24H32N6O2/c1-15(25)20-22(27-17-9-3-2-4-10-17)28-21(29-23(20)31)16-8-7-13-30(14-16)24(32)18-11-5-6-12-19(18)26/h5-6,11-12,16-17,25H,2-4,7-10,13-14,26H2,1H3,(H2,27,28,29,31). The number of rotatable bonds is 5. The quantitative estimate of drug-likeness (QED) is 0.421. The number of nitrogens with one attached hydrogen (secondary N) is 3. The van der Waals surface area contributed by atoms with Gasteiger partial charge in [-0.1, -0.05) is 31.4 Å². The average Bonchev–Trinajstić information content (AvgIpc) is 2.79. The van der Waals surface area contributed by atoms with Crippen LogP contribution in [0.3, 0.4) is 0 Å². The zero-order valence-corrected chi connectivity index (χ0v) is 18.6. The van der Waals surface area contributed by atoms with Crippen LogP contribution in [-0.2, 0) is 0 Å². The van der Waals surface area contributed by atoms with Gasteiger partial charge in [0.05, 0.1) is 5.56 Å². The monoisotopic (exact) mass is 436 g/mol. The molecule has 8 heteroatoms. The highest BCUT2D eigenvalue weighted by Crippen LogP contribution is 2.28. The van der Waals surface area contributed by atoms with Crippen LogP contribution in [0, 0.1) is 5.41 Å². The maximum atomic E-state index is 13.1. The number of H-pyrrole nitrogens is 1. The van der Waals surface area contributed by atoms with Crippen molar-refractivity contribution in [3.8, 4) is 0 Å². The van der Waals surface area contributed by atoms with Crippen LogP contribution in [0.2, 0.25) is 0 Å². The normalized spacial score (nSPS) is 19.5. The van der Waals surface area contributed by atoms with Gasteiger partial charge in [-0.3, -0.25) is 9.59 Å². The Morgan fingerprint density at radius 2 is 1.94 bits per heavy atom. The van der Waals surface area contributed by atoms with Crippen LogP contribution in [0.4, 0.5) is 11.5 Å². The summed E-state index contributed by atoms with van der Waals surface area (Å²) in [4.78, 5) is 35.4. The lowest BCUT2D eigenvalue weighted by Crippen LogP contribution is -2.40. The van der Waals surface area contributed by atoms with Crippen LogP contribution in [0.25, 0.3) is 0 Å². The zero-order chi connectivity index (χ0) is 22.7. The minimum atomic E-state index is -0.295. The minimum Gasteiger partial charge on any atom is -0.398 e. The summed E-state index contributed by atoms with van der Waals surface area (Å²) < 4.78 is 0. The lowest BCUT2D eigenvalue weighted by atomic mass is 9.95. The Balaban J connectivity index is 1.59. The molecule has 4 rings (SSSR count). The first-order chi connectivity index (χ1) is 15.4. The molecule has 32 heavy (non-hydrogen) atoms. The minimum absolute atomic E-state index is 0.0719. The predicted octanol–water partition coefficient (Wildman–Crippen LogP) is 3.50. The molecule has 1 atom stereocenters. The van der Waals surface area contributed by atoms with E-state index >= 15 is 0 Å². The second kappa shape index (κ2) is 9.54. The first-order valence-corrected chi connectivity index (χ1v) is 11.5. The number of para-hydroxylation sites is 1. The van der Waals surface area contributed by atoms with E-state index in [0.717, 1.165) is 38.5 Å². The van der Waals surface area contributed by atoms with Crippen molar-refractivity contribution in [1.82, 2.24) is 14.9 Å². The molecule has 0 bridgehead atoms. The van der Waals surface area contributed by atoms with E-state index in [2.05, 4.69) is 10.3 Å². The summed E-state index contributed by atoms with van der Waals surface area (Å²) in [5.74, 6) is 0.913. The number of nitrogens with two attached hydrogens (primary N) is 1. The number of aromatic amines is 1. The molecule has 5 N–H and O–H groups in total.